The van der Waals surface area contributed by atoms with Crippen LogP contribution in [0.25, 0.3) is 0 Å². The highest BCUT2D eigenvalue weighted by molar-refractivity contribution is 5.83. The number of rotatable bonds is 3. The minimum Gasteiger partial charge on any atom is -0.340 e. The number of nitrogens with one attached hydrogen (secondary N) is 1. The van der Waals surface area contributed by atoms with Crippen LogP contribution in [0.5, 0.6) is 0 Å². The van der Waals surface area contributed by atoms with Crippen LogP contribution in [-0.2, 0) is 11.8 Å². The van der Waals surface area contributed by atoms with Crippen LogP contribution in [0.2, 0.25) is 0 Å². The van der Waals surface area contributed by atoms with Gasteiger partial charge in [0.25, 0.3) is 0 Å². The quantitative estimate of drug-likeness (QED) is 0.906. The fraction of sp³-hybridized carbons (Fsp3) is 0.733. The molecule has 2 heterocycles. The average Bonchev–Trinajstić information content (AvgIpc) is 3.05. The van der Waals surface area contributed by atoms with Crippen LogP contribution in [-0.4, -0.2) is 40.7 Å². The third-order valence-corrected chi connectivity index (χ3v) is 4.88. The first-order chi connectivity index (χ1) is 9.69. The predicted molar refractivity (Wildman–Crippen MR) is 77.0 cm³/mol. The highest BCUT2D eigenvalue weighted by Gasteiger charge is 2.38. The molecule has 1 aromatic rings. The summed E-state index contributed by atoms with van der Waals surface area (Å²) in [6.45, 7) is 1.89. The Morgan fingerprint density at radius 3 is 2.50 bits per heavy atom. The standard InChI is InChI=1S/C15H24N4O/c1-16-14(13-7-17-18(2)8-13)15(20)19-9-11-5-3-4-6-12(11)10-19/h7-8,11-12,14,16H,3-6,9-10H2,1-2H3. The number of carbonyl (C=O) groups is 1. The van der Waals surface area contributed by atoms with E-state index in [0.29, 0.717) is 0 Å². The summed E-state index contributed by atoms with van der Waals surface area (Å²) in [6, 6.07) is -0.260. The van der Waals surface area contributed by atoms with Gasteiger partial charge in [0.1, 0.15) is 6.04 Å². The van der Waals surface area contributed by atoms with Crippen molar-refractivity contribution in [1.82, 2.24) is 20.0 Å². The number of likely N-dealkylation sites (N-methyl/N-ethyl adjacent to an activating group) is 1. The molecule has 1 aliphatic carbocycles. The van der Waals surface area contributed by atoms with Crippen molar-refractivity contribution in [3.05, 3.63) is 18.0 Å². The minimum absolute atomic E-state index is 0.204. The molecule has 1 saturated heterocycles. The van der Waals surface area contributed by atoms with Crippen molar-refractivity contribution in [2.24, 2.45) is 18.9 Å². The van der Waals surface area contributed by atoms with E-state index in [-0.39, 0.29) is 11.9 Å². The molecule has 1 aliphatic heterocycles. The molecule has 1 aromatic heterocycles. The highest BCUT2D eigenvalue weighted by atomic mass is 16.2. The van der Waals surface area contributed by atoms with Crippen LogP contribution in [0.3, 0.4) is 0 Å². The van der Waals surface area contributed by atoms with E-state index in [0.717, 1.165) is 30.5 Å². The normalized spacial score (nSPS) is 27.4. The number of aromatic nitrogens is 2. The number of carbonyl (C=O) groups excluding carboxylic acids is 1. The Hall–Kier alpha value is -1.36. The van der Waals surface area contributed by atoms with E-state index in [9.17, 15) is 4.79 Å². The van der Waals surface area contributed by atoms with Crippen LogP contribution in [0.15, 0.2) is 12.4 Å². The van der Waals surface area contributed by atoms with Crippen LogP contribution < -0.4 is 5.32 Å². The lowest BCUT2D eigenvalue weighted by molar-refractivity contribution is -0.132. The SMILES string of the molecule is CNC(C(=O)N1CC2CCCCC2C1)c1cnn(C)c1. The first-order valence-corrected chi connectivity index (χ1v) is 7.63. The lowest BCUT2D eigenvalue weighted by atomic mass is 9.82. The van der Waals surface area contributed by atoms with Gasteiger partial charge in [-0.25, -0.2) is 0 Å². The Morgan fingerprint density at radius 1 is 1.35 bits per heavy atom. The lowest BCUT2D eigenvalue weighted by Gasteiger charge is -2.22. The fourth-order valence-corrected chi connectivity index (χ4v) is 3.79. The number of likely N-dealkylation sites (tertiary alicyclic amines) is 1. The third kappa shape index (κ3) is 2.46. The van der Waals surface area contributed by atoms with Gasteiger partial charge in [-0.3, -0.25) is 9.48 Å². The van der Waals surface area contributed by atoms with Gasteiger partial charge < -0.3 is 10.2 Å². The van der Waals surface area contributed by atoms with Crippen molar-refractivity contribution in [1.29, 1.82) is 0 Å². The van der Waals surface area contributed by atoms with Gasteiger partial charge in [-0.2, -0.15) is 5.10 Å². The number of hydrogen-bond donors (Lipinski definition) is 1. The summed E-state index contributed by atoms with van der Waals surface area (Å²) >= 11 is 0. The summed E-state index contributed by atoms with van der Waals surface area (Å²) in [4.78, 5) is 14.8. The topological polar surface area (TPSA) is 50.2 Å². The monoisotopic (exact) mass is 276 g/mol. The van der Waals surface area contributed by atoms with Crippen LogP contribution in [0, 0.1) is 11.8 Å². The van der Waals surface area contributed by atoms with Crippen LogP contribution >= 0.6 is 0 Å². The van der Waals surface area contributed by atoms with E-state index in [4.69, 9.17) is 0 Å². The van der Waals surface area contributed by atoms with Gasteiger partial charge in [0.15, 0.2) is 0 Å². The van der Waals surface area contributed by atoms with Crippen molar-refractivity contribution >= 4 is 5.91 Å². The Kier molecular flexibility index (Phi) is 3.78. The van der Waals surface area contributed by atoms with Gasteiger partial charge in [0.05, 0.1) is 6.20 Å². The summed E-state index contributed by atoms with van der Waals surface area (Å²) in [7, 11) is 3.73. The molecule has 2 aliphatic rings. The highest BCUT2D eigenvalue weighted by Crippen LogP contribution is 2.36. The van der Waals surface area contributed by atoms with Gasteiger partial charge in [0.2, 0.25) is 5.91 Å². The molecule has 1 N–H and O–H groups in total. The fourth-order valence-electron chi connectivity index (χ4n) is 3.79. The van der Waals surface area contributed by atoms with Crippen molar-refractivity contribution in [3.8, 4) is 0 Å². The molecule has 3 unspecified atom stereocenters. The van der Waals surface area contributed by atoms with Crippen molar-refractivity contribution < 1.29 is 4.79 Å². The smallest absolute Gasteiger partial charge is 0.244 e. The zero-order valence-electron chi connectivity index (χ0n) is 12.4. The van der Waals surface area contributed by atoms with Gasteiger partial charge in [-0.05, 0) is 31.7 Å². The van der Waals surface area contributed by atoms with E-state index in [2.05, 4.69) is 15.3 Å². The van der Waals surface area contributed by atoms with Gasteiger partial charge in [-0.1, -0.05) is 12.8 Å². The molecule has 3 rings (SSSR count). The number of hydrogen-bond acceptors (Lipinski definition) is 3. The minimum atomic E-state index is -0.260. The summed E-state index contributed by atoms with van der Waals surface area (Å²) in [6.07, 6.45) is 8.96. The third-order valence-electron chi connectivity index (χ3n) is 4.88. The Morgan fingerprint density at radius 2 is 2.00 bits per heavy atom. The number of nitrogens with zero attached hydrogens (tertiary/aromatic N) is 3. The van der Waals surface area contributed by atoms with Gasteiger partial charge >= 0.3 is 0 Å². The first kappa shape index (κ1) is 13.6. The van der Waals surface area contributed by atoms with E-state index in [1.54, 1.807) is 10.9 Å². The Bertz CT molecular complexity index is 470. The maximum atomic E-state index is 12.8. The molecule has 3 atom stereocenters. The Labute approximate surface area is 120 Å². The Balaban J connectivity index is 1.71. The number of fused-ring (bicyclic) bond motifs is 1. The molecule has 1 amide bonds. The van der Waals surface area contributed by atoms with Crippen molar-refractivity contribution in [2.45, 2.75) is 31.7 Å². The predicted octanol–water partition coefficient (Wildman–Crippen LogP) is 1.33. The summed E-state index contributed by atoms with van der Waals surface area (Å²) < 4.78 is 1.75. The number of amides is 1. The summed E-state index contributed by atoms with van der Waals surface area (Å²) in [5, 5.41) is 7.32. The molecule has 5 heteroatoms. The van der Waals surface area contributed by atoms with E-state index < -0.39 is 0 Å². The average molecular weight is 276 g/mol. The number of aryl methyl sites for hydroxylation is 1. The second-order valence-corrected chi connectivity index (χ2v) is 6.22. The van der Waals surface area contributed by atoms with Crippen LogP contribution in [0.4, 0.5) is 0 Å². The molecule has 20 heavy (non-hydrogen) atoms. The van der Waals surface area contributed by atoms with E-state index in [1.807, 2.05) is 20.3 Å². The molecule has 1 saturated carbocycles. The van der Waals surface area contributed by atoms with Gasteiger partial charge in [-0.15, -0.1) is 0 Å². The summed E-state index contributed by atoms with van der Waals surface area (Å²) in [5.74, 6) is 1.67. The molecule has 5 nitrogen and oxygen atoms in total. The zero-order chi connectivity index (χ0) is 14.1. The van der Waals surface area contributed by atoms with Crippen LogP contribution in [0.1, 0.15) is 37.3 Å². The molecular formula is C15H24N4O. The maximum Gasteiger partial charge on any atom is 0.244 e. The molecule has 110 valence electrons. The lowest BCUT2D eigenvalue weighted by Crippen LogP contribution is -2.38. The van der Waals surface area contributed by atoms with Crippen molar-refractivity contribution in [2.75, 3.05) is 20.1 Å². The second kappa shape index (κ2) is 5.56. The van der Waals surface area contributed by atoms with E-state index in [1.165, 1.54) is 25.7 Å². The molecule has 0 bridgehead atoms. The van der Waals surface area contributed by atoms with Gasteiger partial charge in [0, 0.05) is 31.9 Å². The molecular weight excluding hydrogens is 252 g/mol. The zero-order valence-corrected chi connectivity index (χ0v) is 12.4. The summed E-state index contributed by atoms with van der Waals surface area (Å²) in [5.41, 5.74) is 0.954. The van der Waals surface area contributed by atoms with E-state index >= 15 is 0 Å². The first-order valence-electron chi connectivity index (χ1n) is 7.63. The maximum absolute atomic E-state index is 12.8. The largest absolute Gasteiger partial charge is 0.340 e. The molecule has 2 fully saturated rings. The molecule has 0 radical (unpaired) electrons. The molecule has 0 spiro atoms. The van der Waals surface area contributed by atoms with Crippen molar-refractivity contribution in [3.63, 3.8) is 0 Å². The second-order valence-electron chi connectivity index (χ2n) is 6.22. The molecule has 0 aromatic carbocycles.